The number of sulfonamides is 1. The van der Waals surface area contributed by atoms with Gasteiger partial charge in [-0.3, -0.25) is 4.79 Å². The first kappa shape index (κ1) is 23.0. The molecule has 2 aliphatic rings. The van der Waals surface area contributed by atoms with Gasteiger partial charge in [0.2, 0.25) is 15.9 Å². The normalized spacial score (nSPS) is 20.4. The smallest absolute Gasteiger partial charge is 0.240 e. The van der Waals surface area contributed by atoms with Crippen molar-refractivity contribution in [3.05, 3.63) is 30.1 Å². The number of carbonyl (C=O) groups is 1. The summed E-state index contributed by atoms with van der Waals surface area (Å²) in [4.78, 5) is 14.4. The predicted octanol–water partition coefficient (Wildman–Crippen LogP) is 1.27. The molecule has 0 bridgehead atoms. The van der Waals surface area contributed by atoms with Crippen LogP contribution in [0.1, 0.15) is 25.7 Å². The minimum absolute atomic E-state index is 0. The summed E-state index contributed by atoms with van der Waals surface area (Å²) in [5.41, 5.74) is 6.16. The molecule has 28 heavy (non-hydrogen) atoms. The summed E-state index contributed by atoms with van der Waals surface area (Å²) in [5.74, 6) is -0.413. The van der Waals surface area contributed by atoms with Gasteiger partial charge < -0.3 is 15.4 Å². The van der Waals surface area contributed by atoms with Crippen molar-refractivity contribution in [2.45, 2.75) is 42.7 Å². The average Bonchev–Trinajstić information content (AvgIpc) is 2.68. The van der Waals surface area contributed by atoms with Crippen molar-refractivity contribution in [3.8, 4) is 0 Å². The number of hydrogen-bond donors (Lipinski definition) is 2. The molecule has 1 aromatic carbocycles. The lowest BCUT2D eigenvalue weighted by atomic mass is 9.91. The second kappa shape index (κ2) is 9.98. The highest BCUT2D eigenvalue weighted by Gasteiger charge is 2.32. The fraction of sp³-hybridized carbons (Fsp3) is 0.611. The molecule has 1 aromatic rings. The van der Waals surface area contributed by atoms with Gasteiger partial charge in [0.15, 0.2) is 0 Å². The molecule has 0 aromatic heterocycles. The van der Waals surface area contributed by atoms with Crippen LogP contribution in [-0.4, -0.2) is 57.6 Å². The first-order valence-electron chi connectivity index (χ1n) is 9.27. The minimum Gasteiger partial charge on any atom is -0.381 e. The number of benzene rings is 1. The quantitative estimate of drug-likeness (QED) is 0.725. The number of nitrogens with zero attached hydrogens (tertiary/aromatic N) is 1. The highest BCUT2D eigenvalue weighted by atomic mass is 35.5. The summed E-state index contributed by atoms with van der Waals surface area (Å²) >= 11 is 0. The highest BCUT2D eigenvalue weighted by molar-refractivity contribution is 7.89. The van der Waals surface area contributed by atoms with Crippen LogP contribution in [0.15, 0.2) is 29.2 Å². The standard InChI is InChI=1S/C18H26FN3O4S.ClH/c19-14-1-3-16(4-2-14)27(24,25)21-15-5-9-22(10-6-15)18(23)17(20)13-7-11-26-12-8-13;/h1-4,13,15,17,21H,5-12,20H2;1H. The Bertz CT molecular complexity index is 749. The SMILES string of the molecule is Cl.NC(C(=O)N1CCC(NS(=O)(=O)c2ccc(F)cc2)CC1)C1CCOCC1. The molecule has 1 amide bonds. The number of carbonyl (C=O) groups excluding carboxylic acids is 1. The van der Waals surface area contributed by atoms with Gasteiger partial charge in [-0.1, -0.05) is 0 Å². The number of nitrogens with one attached hydrogen (secondary N) is 1. The Balaban J connectivity index is 0.00000280. The van der Waals surface area contributed by atoms with Crippen LogP contribution in [0.25, 0.3) is 0 Å². The van der Waals surface area contributed by atoms with Crippen molar-refractivity contribution >= 4 is 28.3 Å². The maximum atomic E-state index is 13.0. The Morgan fingerprint density at radius 2 is 1.71 bits per heavy atom. The summed E-state index contributed by atoms with van der Waals surface area (Å²) in [6.07, 6.45) is 2.63. The number of halogens is 2. The maximum Gasteiger partial charge on any atom is 0.240 e. The van der Waals surface area contributed by atoms with Gasteiger partial charge in [0.1, 0.15) is 5.82 Å². The Hall–Kier alpha value is -1.26. The van der Waals surface area contributed by atoms with E-state index in [1.807, 2.05) is 0 Å². The third kappa shape index (κ3) is 5.64. The highest BCUT2D eigenvalue weighted by Crippen LogP contribution is 2.21. The summed E-state index contributed by atoms with van der Waals surface area (Å²) in [5, 5.41) is 0. The topological polar surface area (TPSA) is 102 Å². The molecule has 1 unspecified atom stereocenters. The van der Waals surface area contributed by atoms with E-state index in [0.717, 1.165) is 25.0 Å². The molecule has 0 spiro atoms. The van der Waals surface area contributed by atoms with Crippen LogP contribution in [0, 0.1) is 11.7 Å². The van der Waals surface area contributed by atoms with E-state index in [0.29, 0.717) is 39.1 Å². The Kier molecular flexibility index (Phi) is 8.20. The second-order valence-electron chi connectivity index (χ2n) is 7.15. The Morgan fingerprint density at radius 1 is 1.14 bits per heavy atom. The second-order valence-corrected chi connectivity index (χ2v) is 8.86. The van der Waals surface area contributed by atoms with E-state index in [1.165, 1.54) is 12.1 Å². The first-order chi connectivity index (χ1) is 12.9. The van der Waals surface area contributed by atoms with Crippen LogP contribution in [0.5, 0.6) is 0 Å². The lowest BCUT2D eigenvalue weighted by Gasteiger charge is -2.36. The fourth-order valence-corrected chi connectivity index (χ4v) is 4.91. The van der Waals surface area contributed by atoms with E-state index < -0.39 is 21.9 Å². The van der Waals surface area contributed by atoms with Gasteiger partial charge in [-0.25, -0.2) is 17.5 Å². The molecule has 2 heterocycles. The van der Waals surface area contributed by atoms with E-state index in [1.54, 1.807) is 4.90 Å². The lowest BCUT2D eigenvalue weighted by Crippen LogP contribution is -2.53. The van der Waals surface area contributed by atoms with E-state index in [2.05, 4.69) is 4.72 Å². The van der Waals surface area contributed by atoms with Crippen molar-refractivity contribution in [1.29, 1.82) is 0 Å². The number of likely N-dealkylation sites (tertiary alicyclic amines) is 1. The van der Waals surface area contributed by atoms with Crippen LogP contribution in [0.3, 0.4) is 0 Å². The van der Waals surface area contributed by atoms with Gasteiger partial charge in [0.25, 0.3) is 0 Å². The average molecular weight is 436 g/mol. The van der Waals surface area contributed by atoms with Gasteiger partial charge in [0, 0.05) is 32.3 Å². The van der Waals surface area contributed by atoms with Crippen LogP contribution in [0.4, 0.5) is 4.39 Å². The number of piperidine rings is 1. The zero-order valence-corrected chi connectivity index (χ0v) is 17.2. The molecule has 2 aliphatic heterocycles. The number of hydrogen-bond acceptors (Lipinski definition) is 5. The molecular formula is C18H27ClFN3O4S. The van der Waals surface area contributed by atoms with Gasteiger partial charge in [-0.2, -0.15) is 0 Å². The minimum atomic E-state index is -3.71. The number of nitrogens with two attached hydrogens (primary N) is 1. The molecule has 2 fully saturated rings. The molecule has 7 nitrogen and oxygen atoms in total. The van der Waals surface area contributed by atoms with E-state index >= 15 is 0 Å². The van der Waals surface area contributed by atoms with Gasteiger partial charge in [-0.05, 0) is 55.9 Å². The van der Waals surface area contributed by atoms with Gasteiger partial charge >= 0.3 is 0 Å². The molecule has 0 aliphatic carbocycles. The molecule has 1 atom stereocenters. The summed E-state index contributed by atoms with van der Waals surface area (Å²) in [6.45, 7) is 2.20. The van der Waals surface area contributed by atoms with Gasteiger partial charge in [0.05, 0.1) is 10.9 Å². The molecular weight excluding hydrogens is 409 g/mol. The maximum absolute atomic E-state index is 13.0. The number of amides is 1. The van der Waals surface area contributed by atoms with Gasteiger partial charge in [-0.15, -0.1) is 12.4 Å². The van der Waals surface area contributed by atoms with Crippen LogP contribution in [-0.2, 0) is 19.6 Å². The lowest BCUT2D eigenvalue weighted by molar-refractivity contribution is -0.135. The third-order valence-electron chi connectivity index (χ3n) is 5.31. The summed E-state index contributed by atoms with van der Waals surface area (Å²) < 4.78 is 45.7. The number of rotatable bonds is 5. The summed E-state index contributed by atoms with van der Waals surface area (Å²) in [7, 11) is -3.71. The summed E-state index contributed by atoms with van der Waals surface area (Å²) in [6, 6.07) is 3.93. The van der Waals surface area contributed by atoms with Crippen molar-refractivity contribution in [3.63, 3.8) is 0 Å². The van der Waals surface area contributed by atoms with Crippen molar-refractivity contribution in [2.75, 3.05) is 26.3 Å². The third-order valence-corrected chi connectivity index (χ3v) is 6.85. The van der Waals surface area contributed by atoms with E-state index in [9.17, 15) is 17.6 Å². The molecule has 0 radical (unpaired) electrons. The van der Waals surface area contributed by atoms with Crippen molar-refractivity contribution < 1.29 is 22.3 Å². The molecule has 158 valence electrons. The molecule has 0 saturated carbocycles. The predicted molar refractivity (Wildman–Crippen MR) is 105 cm³/mol. The Morgan fingerprint density at radius 3 is 2.29 bits per heavy atom. The monoisotopic (exact) mass is 435 g/mol. The molecule has 10 heteroatoms. The molecule has 3 rings (SSSR count). The van der Waals surface area contributed by atoms with Crippen molar-refractivity contribution in [2.24, 2.45) is 11.7 Å². The first-order valence-corrected chi connectivity index (χ1v) is 10.7. The Labute approximate surface area is 171 Å². The van der Waals surface area contributed by atoms with Crippen LogP contribution < -0.4 is 10.5 Å². The van der Waals surface area contributed by atoms with Crippen LogP contribution >= 0.6 is 12.4 Å². The van der Waals surface area contributed by atoms with E-state index in [4.69, 9.17) is 10.5 Å². The van der Waals surface area contributed by atoms with Crippen molar-refractivity contribution in [1.82, 2.24) is 9.62 Å². The fourth-order valence-electron chi connectivity index (χ4n) is 3.61. The molecule has 2 saturated heterocycles. The zero-order chi connectivity index (χ0) is 19.4. The van der Waals surface area contributed by atoms with Crippen LogP contribution in [0.2, 0.25) is 0 Å². The zero-order valence-electron chi connectivity index (χ0n) is 15.6. The number of ether oxygens (including phenoxy) is 1. The van der Waals surface area contributed by atoms with E-state index in [-0.39, 0.29) is 35.2 Å². The molecule has 3 N–H and O–H groups in total. The largest absolute Gasteiger partial charge is 0.381 e.